The molecular weight excluding hydrogens is 226 g/mol. The van der Waals surface area contributed by atoms with Gasteiger partial charge in [0.05, 0.1) is 31.8 Å². The fraction of sp³-hybridized carbons (Fsp3) is 0.800. The lowest BCUT2D eigenvalue weighted by molar-refractivity contribution is -0.144. The Labute approximate surface area is 99.8 Å². The molecular formula is C10H19N3O4. The molecule has 4 N–H and O–H groups in total. The number of morpholine rings is 1. The lowest BCUT2D eigenvalue weighted by Gasteiger charge is -2.36. The normalized spacial score (nSPS) is 23.5. The SMILES string of the molecule is CCC(C(=O)N1CCOCC1CO)C(N)=NO. The van der Waals surface area contributed by atoms with E-state index in [9.17, 15) is 9.90 Å². The number of nitrogens with zero attached hydrogens (tertiary/aromatic N) is 2. The first-order valence-corrected chi connectivity index (χ1v) is 5.62. The smallest absolute Gasteiger partial charge is 0.233 e. The Hall–Kier alpha value is -1.34. The summed E-state index contributed by atoms with van der Waals surface area (Å²) in [6, 6.07) is -0.350. The summed E-state index contributed by atoms with van der Waals surface area (Å²) in [6.45, 7) is 2.80. The molecule has 0 aromatic rings. The molecule has 2 unspecified atom stereocenters. The molecule has 17 heavy (non-hydrogen) atoms. The summed E-state index contributed by atoms with van der Waals surface area (Å²) in [6.07, 6.45) is 0.449. The third kappa shape index (κ3) is 3.07. The highest BCUT2D eigenvalue weighted by atomic mass is 16.5. The van der Waals surface area contributed by atoms with E-state index in [1.165, 1.54) is 4.90 Å². The molecule has 0 saturated carbocycles. The van der Waals surface area contributed by atoms with Crippen LogP contribution in [0, 0.1) is 5.92 Å². The Morgan fingerprint density at radius 2 is 2.41 bits per heavy atom. The molecule has 0 aliphatic carbocycles. The van der Waals surface area contributed by atoms with Gasteiger partial charge in [-0.3, -0.25) is 4.79 Å². The van der Waals surface area contributed by atoms with Crippen molar-refractivity contribution >= 4 is 11.7 Å². The highest BCUT2D eigenvalue weighted by molar-refractivity contribution is 6.02. The average Bonchev–Trinajstić information content (AvgIpc) is 2.38. The van der Waals surface area contributed by atoms with E-state index >= 15 is 0 Å². The van der Waals surface area contributed by atoms with Crippen LogP contribution in [0.4, 0.5) is 0 Å². The van der Waals surface area contributed by atoms with Gasteiger partial charge >= 0.3 is 0 Å². The number of oxime groups is 1. The Morgan fingerprint density at radius 3 is 2.94 bits per heavy atom. The van der Waals surface area contributed by atoms with Crippen LogP contribution >= 0.6 is 0 Å². The summed E-state index contributed by atoms with van der Waals surface area (Å²) in [4.78, 5) is 13.7. The van der Waals surface area contributed by atoms with Gasteiger partial charge in [-0.1, -0.05) is 12.1 Å². The molecule has 2 atom stereocenters. The van der Waals surface area contributed by atoms with Crippen LogP contribution in [0.2, 0.25) is 0 Å². The summed E-state index contributed by atoms with van der Waals surface area (Å²) in [5.41, 5.74) is 5.48. The molecule has 0 aromatic heterocycles. The highest BCUT2D eigenvalue weighted by Crippen LogP contribution is 2.14. The number of rotatable bonds is 4. The first-order valence-electron chi connectivity index (χ1n) is 5.62. The van der Waals surface area contributed by atoms with E-state index in [-0.39, 0.29) is 24.4 Å². The number of aliphatic hydroxyl groups excluding tert-OH is 1. The van der Waals surface area contributed by atoms with Gasteiger partial charge in [0.25, 0.3) is 0 Å². The molecule has 0 radical (unpaired) electrons. The van der Waals surface area contributed by atoms with E-state index in [4.69, 9.17) is 15.7 Å². The molecule has 1 aliphatic rings. The predicted octanol–water partition coefficient (Wildman–Crippen LogP) is -1.02. The van der Waals surface area contributed by atoms with Gasteiger partial charge in [0.2, 0.25) is 5.91 Å². The maximum Gasteiger partial charge on any atom is 0.233 e. The standard InChI is InChI=1S/C10H19N3O4/c1-2-8(9(11)12-16)10(15)13-3-4-17-6-7(13)5-14/h7-8,14,16H,2-6H2,1H3,(H2,11,12). The summed E-state index contributed by atoms with van der Waals surface area (Å²) >= 11 is 0. The largest absolute Gasteiger partial charge is 0.409 e. The molecule has 7 heteroatoms. The summed E-state index contributed by atoms with van der Waals surface area (Å²) in [5.74, 6) is -0.974. The summed E-state index contributed by atoms with van der Waals surface area (Å²) < 4.78 is 5.19. The van der Waals surface area contributed by atoms with Crippen LogP contribution in [0.5, 0.6) is 0 Å². The summed E-state index contributed by atoms with van der Waals surface area (Å²) in [5, 5.41) is 20.7. The molecule has 1 saturated heterocycles. The first kappa shape index (κ1) is 13.7. The second-order valence-electron chi connectivity index (χ2n) is 3.93. The highest BCUT2D eigenvalue weighted by Gasteiger charge is 2.32. The second kappa shape index (κ2) is 6.41. The average molecular weight is 245 g/mol. The van der Waals surface area contributed by atoms with Gasteiger partial charge in [0.15, 0.2) is 5.84 Å². The monoisotopic (exact) mass is 245 g/mol. The van der Waals surface area contributed by atoms with Crippen LogP contribution in [0.25, 0.3) is 0 Å². The number of hydrogen-bond donors (Lipinski definition) is 3. The quantitative estimate of drug-likeness (QED) is 0.254. The van der Waals surface area contributed by atoms with Crippen LogP contribution in [0.3, 0.4) is 0 Å². The van der Waals surface area contributed by atoms with Crippen molar-refractivity contribution in [1.29, 1.82) is 0 Å². The minimum Gasteiger partial charge on any atom is -0.409 e. The number of hydrogen-bond acceptors (Lipinski definition) is 5. The molecule has 1 amide bonds. The predicted molar refractivity (Wildman–Crippen MR) is 60.6 cm³/mol. The minimum atomic E-state index is -0.646. The van der Waals surface area contributed by atoms with Crippen molar-refractivity contribution in [1.82, 2.24) is 4.90 Å². The third-order valence-electron chi connectivity index (χ3n) is 2.90. The van der Waals surface area contributed by atoms with Gasteiger partial charge < -0.3 is 25.7 Å². The van der Waals surface area contributed by atoms with Crippen LogP contribution < -0.4 is 5.73 Å². The zero-order valence-corrected chi connectivity index (χ0v) is 9.87. The number of carbonyl (C=O) groups excluding carboxylic acids is 1. The lowest BCUT2D eigenvalue weighted by atomic mass is 10.0. The fourth-order valence-electron chi connectivity index (χ4n) is 1.88. The Bertz CT molecular complexity index is 295. The maximum atomic E-state index is 12.2. The van der Waals surface area contributed by atoms with Gasteiger partial charge in [-0.25, -0.2) is 0 Å². The number of aliphatic hydroxyl groups is 1. The van der Waals surface area contributed by atoms with Gasteiger partial charge in [-0.05, 0) is 6.42 Å². The first-order chi connectivity index (χ1) is 8.15. The molecule has 0 bridgehead atoms. The van der Waals surface area contributed by atoms with Crippen molar-refractivity contribution in [2.45, 2.75) is 19.4 Å². The summed E-state index contributed by atoms with van der Waals surface area (Å²) in [7, 11) is 0. The van der Waals surface area contributed by atoms with Crippen LogP contribution in [-0.2, 0) is 9.53 Å². The van der Waals surface area contributed by atoms with Gasteiger partial charge in [0.1, 0.15) is 0 Å². The van der Waals surface area contributed by atoms with E-state index in [0.29, 0.717) is 26.2 Å². The lowest BCUT2D eigenvalue weighted by Crippen LogP contribution is -2.54. The van der Waals surface area contributed by atoms with Gasteiger partial charge in [-0.15, -0.1) is 0 Å². The molecule has 1 fully saturated rings. The van der Waals surface area contributed by atoms with Crippen molar-refractivity contribution in [3.63, 3.8) is 0 Å². The van der Waals surface area contributed by atoms with Gasteiger partial charge in [-0.2, -0.15) is 0 Å². The van der Waals surface area contributed by atoms with Crippen molar-refractivity contribution < 1.29 is 19.8 Å². The van der Waals surface area contributed by atoms with Crippen LogP contribution in [0.1, 0.15) is 13.3 Å². The molecule has 1 rings (SSSR count). The van der Waals surface area contributed by atoms with E-state index in [1.807, 2.05) is 0 Å². The molecule has 1 heterocycles. The maximum absolute atomic E-state index is 12.2. The Balaban J connectivity index is 2.78. The third-order valence-corrected chi connectivity index (χ3v) is 2.90. The van der Waals surface area contributed by atoms with Crippen molar-refractivity contribution in [3.8, 4) is 0 Å². The van der Waals surface area contributed by atoms with Crippen LogP contribution in [0.15, 0.2) is 5.16 Å². The van der Waals surface area contributed by atoms with Gasteiger partial charge in [0, 0.05) is 6.54 Å². The molecule has 98 valence electrons. The number of amidine groups is 1. The van der Waals surface area contributed by atoms with E-state index < -0.39 is 5.92 Å². The van der Waals surface area contributed by atoms with E-state index in [0.717, 1.165) is 0 Å². The van der Waals surface area contributed by atoms with Crippen molar-refractivity contribution in [2.24, 2.45) is 16.8 Å². The second-order valence-corrected chi connectivity index (χ2v) is 3.93. The number of ether oxygens (including phenoxy) is 1. The molecule has 0 aromatic carbocycles. The number of carbonyl (C=O) groups is 1. The molecule has 7 nitrogen and oxygen atoms in total. The van der Waals surface area contributed by atoms with E-state index in [2.05, 4.69) is 5.16 Å². The topological polar surface area (TPSA) is 108 Å². The van der Waals surface area contributed by atoms with Crippen LogP contribution in [-0.4, -0.2) is 59.4 Å². The minimum absolute atomic E-state index is 0.0966. The van der Waals surface area contributed by atoms with Crippen molar-refractivity contribution in [3.05, 3.63) is 0 Å². The zero-order valence-electron chi connectivity index (χ0n) is 9.87. The van der Waals surface area contributed by atoms with E-state index in [1.54, 1.807) is 6.92 Å². The zero-order chi connectivity index (χ0) is 12.8. The Morgan fingerprint density at radius 1 is 1.71 bits per heavy atom. The molecule has 1 aliphatic heterocycles. The van der Waals surface area contributed by atoms with Crippen molar-refractivity contribution in [2.75, 3.05) is 26.4 Å². The molecule has 0 spiro atoms. The number of nitrogens with two attached hydrogens (primary N) is 1. The Kier molecular flexibility index (Phi) is 5.17. The number of amides is 1. The fourth-order valence-corrected chi connectivity index (χ4v) is 1.88.